The summed E-state index contributed by atoms with van der Waals surface area (Å²) in [6, 6.07) is 10.0. The van der Waals surface area contributed by atoms with Crippen LogP contribution in [0.5, 0.6) is 0 Å². The van der Waals surface area contributed by atoms with Gasteiger partial charge in [-0.15, -0.1) is 11.3 Å². The number of amides is 1. The lowest BCUT2D eigenvalue weighted by molar-refractivity contribution is 0.0944. The smallest absolute Gasteiger partial charge is 0.261 e. The fraction of sp³-hybridized carbons (Fsp3) is 0.294. The maximum Gasteiger partial charge on any atom is 0.261 e. The van der Waals surface area contributed by atoms with E-state index in [0.29, 0.717) is 0 Å². The number of nitrogens with one attached hydrogen (secondary N) is 1. The molecule has 0 bridgehead atoms. The van der Waals surface area contributed by atoms with Crippen LogP contribution in [0.3, 0.4) is 0 Å². The molecule has 0 unspecified atom stereocenters. The molecule has 5 heteroatoms. The molecule has 0 radical (unpaired) electrons. The van der Waals surface area contributed by atoms with E-state index in [-0.39, 0.29) is 11.9 Å². The Kier molecular flexibility index (Phi) is 3.74. The van der Waals surface area contributed by atoms with Gasteiger partial charge in [-0.25, -0.2) is 0 Å². The zero-order valence-electron chi connectivity index (χ0n) is 13.2. The van der Waals surface area contributed by atoms with Crippen LogP contribution < -0.4 is 5.32 Å². The molecule has 114 valence electrons. The zero-order valence-corrected chi connectivity index (χ0v) is 14.0. The Morgan fingerprint density at radius 1 is 1.32 bits per heavy atom. The van der Waals surface area contributed by atoms with Crippen molar-refractivity contribution in [1.29, 1.82) is 0 Å². The van der Waals surface area contributed by atoms with Crippen LogP contribution in [0, 0.1) is 13.8 Å². The third-order valence-corrected chi connectivity index (χ3v) is 5.12. The highest BCUT2D eigenvalue weighted by Crippen LogP contribution is 2.28. The SMILES string of the molecule is Cc1ccccc1[C@H](C)NC(=O)c1cc2c(C)nn(C)c2s1. The van der Waals surface area contributed by atoms with Crippen molar-refractivity contribution in [3.8, 4) is 0 Å². The zero-order chi connectivity index (χ0) is 15.9. The second-order valence-electron chi connectivity index (χ2n) is 5.59. The molecule has 0 saturated carbocycles. The van der Waals surface area contributed by atoms with Crippen molar-refractivity contribution >= 4 is 27.5 Å². The number of aryl methyl sites for hydroxylation is 3. The molecule has 1 N–H and O–H groups in total. The van der Waals surface area contributed by atoms with Crippen LogP contribution in [0.15, 0.2) is 30.3 Å². The molecule has 3 aromatic rings. The average molecular weight is 313 g/mol. The van der Waals surface area contributed by atoms with Crippen molar-refractivity contribution in [2.24, 2.45) is 7.05 Å². The highest BCUT2D eigenvalue weighted by Gasteiger charge is 2.17. The Morgan fingerprint density at radius 2 is 2.05 bits per heavy atom. The van der Waals surface area contributed by atoms with E-state index >= 15 is 0 Å². The molecule has 0 aliphatic heterocycles. The van der Waals surface area contributed by atoms with Crippen LogP contribution in [-0.4, -0.2) is 15.7 Å². The first-order valence-electron chi connectivity index (χ1n) is 7.27. The lowest BCUT2D eigenvalue weighted by atomic mass is 10.0. The molecule has 0 aliphatic rings. The summed E-state index contributed by atoms with van der Waals surface area (Å²) in [5, 5.41) is 8.51. The monoisotopic (exact) mass is 313 g/mol. The summed E-state index contributed by atoms with van der Waals surface area (Å²) in [6.45, 7) is 6.04. The fourth-order valence-corrected chi connectivity index (χ4v) is 3.76. The predicted molar refractivity (Wildman–Crippen MR) is 90.4 cm³/mol. The molecule has 0 spiro atoms. The lowest BCUT2D eigenvalue weighted by Crippen LogP contribution is -2.26. The quantitative estimate of drug-likeness (QED) is 0.800. The van der Waals surface area contributed by atoms with E-state index in [1.165, 1.54) is 16.9 Å². The fourth-order valence-electron chi connectivity index (χ4n) is 2.74. The van der Waals surface area contributed by atoms with Crippen molar-refractivity contribution in [3.63, 3.8) is 0 Å². The van der Waals surface area contributed by atoms with Gasteiger partial charge in [-0.3, -0.25) is 9.48 Å². The van der Waals surface area contributed by atoms with Gasteiger partial charge in [0.2, 0.25) is 0 Å². The maximum absolute atomic E-state index is 12.5. The molecule has 0 aliphatic carbocycles. The standard InChI is InChI=1S/C17H19N3OS/c1-10-7-5-6-8-13(10)11(2)18-16(21)15-9-14-12(3)19-20(4)17(14)22-15/h5-9,11H,1-4H3,(H,18,21)/t11-/m0/s1. The second kappa shape index (κ2) is 5.57. The molecule has 2 aromatic heterocycles. The van der Waals surface area contributed by atoms with Crippen LogP contribution in [-0.2, 0) is 7.05 Å². The van der Waals surface area contributed by atoms with E-state index in [1.54, 1.807) is 0 Å². The van der Waals surface area contributed by atoms with Crippen LogP contribution in [0.1, 0.15) is 39.5 Å². The number of thiophene rings is 1. The Morgan fingerprint density at radius 3 is 2.73 bits per heavy atom. The molecule has 4 nitrogen and oxygen atoms in total. The van der Waals surface area contributed by atoms with E-state index in [0.717, 1.165) is 26.4 Å². The van der Waals surface area contributed by atoms with Crippen LogP contribution in [0.25, 0.3) is 10.2 Å². The molecular weight excluding hydrogens is 294 g/mol. The Balaban J connectivity index is 1.84. The van der Waals surface area contributed by atoms with Gasteiger partial charge in [-0.05, 0) is 38.0 Å². The minimum Gasteiger partial charge on any atom is -0.345 e. The lowest BCUT2D eigenvalue weighted by Gasteiger charge is -2.15. The van der Waals surface area contributed by atoms with E-state index < -0.39 is 0 Å². The number of fused-ring (bicyclic) bond motifs is 1. The summed E-state index contributed by atoms with van der Waals surface area (Å²) in [6.07, 6.45) is 0. The summed E-state index contributed by atoms with van der Waals surface area (Å²) in [4.78, 5) is 14.3. The highest BCUT2D eigenvalue weighted by atomic mass is 32.1. The van der Waals surface area contributed by atoms with Crippen molar-refractivity contribution in [1.82, 2.24) is 15.1 Å². The Hall–Kier alpha value is -2.14. The summed E-state index contributed by atoms with van der Waals surface area (Å²) in [5.74, 6) is -0.0312. The van der Waals surface area contributed by atoms with E-state index in [2.05, 4.69) is 29.5 Å². The number of hydrogen-bond donors (Lipinski definition) is 1. The Labute approximate surface area is 133 Å². The highest BCUT2D eigenvalue weighted by molar-refractivity contribution is 7.20. The summed E-state index contributed by atoms with van der Waals surface area (Å²) >= 11 is 1.48. The first kappa shape index (κ1) is 14.8. The molecule has 0 fully saturated rings. The number of carbonyl (C=O) groups is 1. The number of hydrogen-bond acceptors (Lipinski definition) is 3. The van der Waals surface area contributed by atoms with Gasteiger partial charge >= 0.3 is 0 Å². The van der Waals surface area contributed by atoms with Crippen molar-refractivity contribution in [2.45, 2.75) is 26.8 Å². The van der Waals surface area contributed by atoms with Crippen LogP contribution in [0.4, 0.5) is 0 Å². The second-order valence-corrected chi connectivity index (χ2v) is 6.62. The third kappa shape index (κ3) is 2.52. The number of benzene rings is 1. The van der Waals surface area contributed by atoms with Gasteiger partial charge < -0.3 is 5.32 Å². The molecule has 3 rings (SSSR count). The van der Waals surface area contributed by atoms with Crippen molar-refractivity contribution in [3.05, 3.63) is 52.0 Å². The number of carbonyl (C=O) groups excluding carboxylic acids is 1. The number of rotatable bonds is 3. The number of nitrogens with zero attached hydrogens (tertiary/aromatic N) is 2. The van der Waals surface area contributed by atoms with E-state index in [4.69, 9.17) is 0 Å². The molecule has 1 amide bonds. The third-order valence-electron chi connectivity index (χ3n) is 3.92. The minimum atomic E-state index is -0.0312. The Bertz CT molecular complexity index is 812. The molecule has 22 heavy (non-hydrogen) atoms. The first-order valence-corrected chi connectivity index (χ1v) is 8.08. The van der Waals surface area contributed by atoms with Gasteiger partial charge in [0.1, 0.15) is 4.83 Å². The van der Waals surface area contributed by atoms with Gasteiger partial charge in [-0.1, -0.05) is 24.3 Å². The predicted octanol–water partition coefficient (Wildman–Crippen LogP) is 3.74. The minimum absolute atomic E-state index is 0.0156. The molecule has 1 atom stereocenters. The topological polar surface area (TPSA) is 46.9 Å². The molecular formula is C17H19N3OS. The largest absolute Gasteiger partial charge is 0.345 e. The summed E-state index contributed by atoms with van der Waals surface area (Å²) in [5.41, 5.74) is 3.29. The summed E-state index contributed by atoms with van der Waals surface area (Å²) in [7, 11) is 1.91. The normalized spacial score (nSPS) is 12.5. The molecule has 0 saturated heterocycles. The van der Waals surface area contributed by atoms with Gasteiger partial charge in [0, 0.05) is 12.4 Å². The van der Waals surface area contributed by atoms with Crippen LogP contribution >= 0.6 is 11.3 Å². The van der Waals surface area contributed by atoms with Crippen molar-refractivity contribution < 1.29 is 4.79 Å². The van der Waals surface area contributed by atoms with Crippen molar-refractivity contribution in [2.75, 3.05) is 0 Å². The van der Waals surface area contributed by atoms with Gasteiger partial charge in [0.15, 0.2) is 0 Å². The first-order chi connectivity index (χ1) is 10.5. The van der Waals surface area contributed by atoms with Gasteiger partial charge in [-0.2, -0.15) is 5.10 Å². The van der Waals surface area contributed by atoms with E-state index in [9.17, 15) is 4.79 Å². The maximum atomic E-state index is 12.5. The molecule has 2 heterocycles. The average Bonchev–Trinajstić information content (AvgIpc) is 3.02. The van der Waals surface area contributed by atoms with Gasteiger partial charge in [0.25, 0.3) is 5.91 Å². The summed E-state index contributed by atoms with van der Waals surface area (Å²) < 4.78 is 1.83. The number of aromatic nitrogens is 2. The van der Waals surface area contributed by atoms with E-state index in [1.807, 2.05) is 43.8 Å². The van der Waals surface area contributed by atoms with Crippen LogP contribution in [0.2, 0.25) is 0 Å². The van der Waals surface area contributed by atoms with Gasteiger partial charge in [0.05, 0.1) is 16.6 Å². The molecule has 1 aromatic carbocycles.